The molecular weight excluding hydrogens is 236 g/mol. The number of amides is 1. The van der Waals surface area contributed by atoms with Crippen molar-refractivity contribution in [3.05, 3.63) is 35.4 Å². The molecule has 1 aliphatic rings. The van der Waals surface area contributed by atoms with Crippen molar-refractivity contribution >= 4 is 5.91 Å². The summed E-state index contributed by atoms with van der Waals surface area (Å²) in [4.78, 5) is 14.5. The fraction of sp³-hybridized carbons (Fsp3) is 0.562. The normalized spacial score (nSPS) is 17.3. The molecule has 1 amide bonds. The molecule has 2 rings (SSSR count). The first kappa shape index (κ1) is 14.1. The molecule has 1 aliphatic heterocycles. The number of aryl methyl sites for hydroxylation is 1. The Bertz CT molecular complexity index is 425. The van der Waals surface area contributed by atoms with Crippen LogP contribution in [-0.2, 0) is 11.2 Å². The first-order valence-electron chi connectivity index (χ1n) is 7.25. The molecule has 19 heavy (non-hydrogen) atoms. The number of likely N-dealkylation sites (tertiary alicyclic amines) is 1. The number of piperidine rings is 1. The van der Waals surface area contributed by atoms with Gasteiger partial charge in [0.15, 0.2) is 0 Å². The van der Waals surface area contributed by atoms with Crippen LogP contribution in [0.3, 0.4) is 0 Å². The number of nitrogens with two attached hydrogens (primary N) is 1. The van der Waals surface area contributed by atoms with Crippen LogP contribution in [0.4, 0.5) is 0 Å². The third-order valence-corrected chi connectivity index (χ3v) is 3.87. The smallest absolute Gasteiger partial charge is 0.227 e. The van der Waals surface area contributed by atoms with Crippen LogP contribution in [0.15, 0.2) is 24.3 Å². The second-order valence-corrected chi connectivity index (χ2v) is 5.51. The molecule has 3 heteroatoms. The molecule has 2 N–H and O–H groups in total. The van der Waals surface area contributed by atoms with Crippen molar-refractivity contribution in [3.8, 4) is 0 Å². The monoisotopic (exact) mass is 260 g/mol. The van der Waals surface area contributed by atoms with E-state index in [-0.39, 0.29) is 11.8 Å². The van der Waals surface area contributed by atoms with Gasteiger partial charge in [-0.15, -0.1) is 0 Å². The molecule has 3 nitrogen and oxygen atoms in total. The third-order valence-electron chi connectivity index (χ3n) is 3.87. The van der Waals surface area contributed by atoms with Gasteiger partial charge in [-0.25, -0.2) is 0 Å². The maximum atomic E-state index is 12.5. The van der Waals surface area contributed by atoms with E-state index in [1.165, 1.54) is 17.5 Å². The van der Waals surface area contributed by atoms with Crippen molar-refractivity contribution in [3.63, 3.8) is 0 Å². The molecule has 1 saturated heterocycles. The van der Waals surface area contributed by atoms with E-state index < -0.39 is 0 Å². The SMILES string of the molecule is Cc1cccc(CC(CN)C(=O)N2CCCCC2)c1. The van der Waals surface area contributed by atoms with Crippen molar-refractivity contribution < 1.29 is 4.79 Å². The molecule has 0 aliphatic carbocycles. The number of carbonyl (C=O) groups is 1. The van der Waals surface area contributed by atoms with E-state index in [0.29, 0.717) is 6.54 Å². The fourth-order valence-corrected chi connectivity index (χ4v) is 2.77. The Hall–Kier alpha value is -1.35. The zero-order chi connectivity index (χ0) is 13.7. The highest BCUT2D eigenvalue weighted by molar-refractivity contribution is 5.79. The number of hydrogen-bond donors (Lipinski definition) is 1. The van der Waals surface area contributed by atoms with E-state index in [2.05, 4.69) is 25.1 Å². The van der Waals surface area contributed by atoms with Gasteiger partial charge in [0.1, 0.15) is 0 Å². The van der Waals surface area contributed by atoms with Crippen LogP contribution in [0.5, 0.6) is 0 Å². The molecule has 1 heterocycles. The topological polar surface area (TPSA) is 46.3 Å². The summed E-state index contributed by atoms with van der Waals surface area (Å²) in [6.07, 6.45) is 4.27. The molecule has 104 valence electrons. The molecule has 0 saturated carbocycles. The molecule has 1 aromatic carbocycles. The van der Waals surface area contributed by atoms with E-state index in [1.807, 2.05) is 11.0 Å². The van der Waals surface area contributed by atoms with Gasteiger partial charge >= 0.3 is 0 Å². The number of hydrogen-bond acceptors (Lipinski definition) is 2. The Morgan fingerprint density at radius 3 is 2.68 bits per heavy atom. The number of benzene rings is 1. The zero-order valence-electron chi connectivity index (χ0n) is 11.8. The Morgan fingerprint density at radius 1 is 1.32 bits per heavy atom. The van der Waals surface area contributed by atoms with Crippen molar-refractivity contribution in [2.45, 2.75) is 32.6 Å². The van der Waals surface area contributed by atoms with Gasteiger partial charge in [0.25, 0.3) is 0 Å². The van der Waals surface area contributed by atoms with Crippen LogP contribution in [0.25, 0.3) is 0 Å². The molecule has 1 unspecified atom stereocenters. The Balaban J connectivity index is 2.00. The van der Waals surface area contributed by atoms with Crippen molar-refractivity contribution in [1.82, 2.24) is 4.90 Å². The molecule has 0 radical (unpaired) electrons. The van der Waals surface area contributed by atoms with Crippen LogP contribution in [0, 0.1) is 12.8 Å². The Kier molecular flexibility index (Phi) is 4.97. The lowest BCUT2D eigenvalue weighted by atomic mass is 9.96. The lowest BCUT2D eigenvalue weighted by molar-refractivity contribution is -0.136. The average Bonchev–Trinajstić information content (AvgIpc) is 2.45. The minimum atomic E-state index is -0.0695. The molecule has 1 fully saturated rings. The van der Waals surface area contributed by atoms with Crippen LogP contribution < -0.4 is 5.73 Å². The maximum absolute atomic E-state index is 12.5. The van der Waals surface area contributed by atoms with Crippen LogP contribution in [0.2, 0.25) is 0 Å². The summed E-state index contributed by atoms with van der Waals surface area (Å²) in [5.74, 6) is 0.170. The van der Waals surface area contributed by atoms with Crippen LogP contribution >= 0.6 is 0 Å². The summed E-state index contributed by atoms with van der Waals surface area (Å²) in [5, 5.41) is 0. The van der Waals surface area contributed by atoms with Gasteiger partial charge in [0.2, 0.25) is 5.91 Å². The quantitative estimate of drug-likeness (QED) is 0.901. The van der Waals surface area contributed by atoms with Gasteiger partial charge < -0.3 is 10.6 Å². The first-order valence-corrected chi connectivity index (χ1v) is 7.25. The van der Waals surface area contributed by atoms with Crippen molar-refractivity contribution in [1.29, 1.82) is 0 Å². The lowest BCUT2D eigenvalue weighted by Crippen LogP contribution is -2.42. The largest absolute Gasteiger partial charge is 0.342 e. The predicted octanol–water partition coefficient (Wildman–Crippen LogP) is 2.12. The summed E-state index contributed by atoms with van der Waals surface area (Å²) in [6.45, 7) is 4.32. The Labute approximate surface area is 115 Å². The number of rotatable bonds is 4. The van der Waals surface area contributed by atoms with E-state index in [1.54, 1.807) is 0 Å². The molecule has 0 bridgehead atoms. The fourth-order valence-electron chi connectivity index (χ4n) is 2.77. The van der Waals surface area contributed by atoms with E-state index in [9.17, 15) is 4.79 Å². The summed E-state index contributed by atoms with van der Waals surface area (Å²) in [7, 11) is 0. The number of carbonyl (C=O) groups excluding carboxylic acids is 1. The molecule has 0 aromatic heterocycles. The molecule has 1 atom stereocenters. The van der Waals surface area contributed by atoms with Gasteiger partial charge in [-0.2, -0.15) is 0 Å². The van der Waals surface area contributed by atoms with Gasteiger partial charge in [0.05, 0.1) is 5.92 Å². The minimum absolute atomic E-state index is 0.0695. The second kappa shape index (κ2) is 6.71. The highest BCUT2D eigenvalue weighted by atomic mass is 16.2. The Morgan fingerprint density at radius 2 is 2.05 bits per heavy atom. The summed E-state index contributed by atoms with van der Waals surface area (Å²) < 4.78 is 0. The van der Waals surface area contributed by atoms with Crippen molar-refractivity contribution in [2.24, 2.45) is 11.7 Å². The van der Waals surface area contributed by atoms with Crippen LogP contribution in [-0.4, -0.2) is 30.4 Å². The van der Waals surface area contributed by atoms with Gasteiger partial charge in [-0.3, -0.25) is 4.79 Å². The molecule has 0 spiro atoms. The van der Waals surface area contributed by atoms with Gasteiger partial charge in [0, 0.05) is 19.6 Å². The first-order chi connectivity index (χ1) is 9.20. The maximum Gasteiger partial charge on any atom is 0.227 e. The summed E-state index contributed by atoms with van der Waals surface area (Å²) in [5.41, 5.74) is 8.26. The van der Waals surface area contributed by atoms with E-state index in [0.717, 1.165) is 32.4 Å². The molecular formula is C16H24N2O. The standard InChI is InChI=1S/C16H24N2O/c1-13-6-5-7-14(10-13)11-15(12-17)16(19)18-8-3-2-4-9-18/h5-7,10,15H,2-4,8-9,11-12,17H2,1H3. The lowest BCUT2D eigenvalue weighted by Gasteiger charge is -2.30. The molecule has 1 aromatic rings. The highest BCUT2D eigenvalue weighted by Crippen LogP contribution is 2.16. The second-order valence-electron chi connectivity index (χ2n) is 5.51. The zero-order valence-corrected chi connectivity index (χ0v) is 11.8. The average molecular weight is 260 g/mol. The van der Waals surface area contributed by atoms with E-state index in [4.69, 9.17) is 5.73 Å². The van der Waals surface area contributed by atoms with Gasteiger partial charge in [-0.1, -0.05) is 29.8 Å². The summed E-state index contributed by atoms with van der Waals surface area (Å²) in [6, 6.07) is 8.35. The highest BCUT2D eigenvalue weighted by Gasteiger charge is 2.24. The van der Waals surface area contributed by atoms with Crippen LogP contribution in [0.1, 0.15) is 30.4 Å². The minimum Gasteiger partial charge on any atom is -0.342 e. The van der Waals surface area contributed by atoms with Gasteiger partial charge in [-0.05, 0) is 38.2 Å². The summed E-state index contributed by atoms with van der Waals surface area (Å²) >= 11 is 0. The van der Waals surface area contributed by atoms with E-state index >= 15 is 0 Å². The third kappa shape index (κ3) is 3.80. The van der Waals surface area contributed by atoms with Crippen molar-refractivity contribution in [2.75, 3.05) is 19.6 Å². The number of nitrogens with zero attached hydrogens (tertiary/aromatic N) is 1. The predicted molar refractivity (Wildman–Crippen MR) is 77.9 cm³/mol.